The second-order valence-electron chi connectivity index (χ2n) is 6.22. The molecular weight excluding hydrogens is 346 g/mol. The molecule has 1 aliphatic heterocycles. The number of nitrogens with zero attached hydrogens (tertiary/aromatic N) is 3. The highest BCUT2D eigenvalue weighted by atomic mass is 16.3. The van der Waals surface area contributed by atoms with E-state index in [-0.39, 0.29) is 17.7 Å². The minimum absolute atomic E-state index is 0.0502. The van der Waals surface area contributed by atoms with Crippen LogP contribution in [0.25, 0.3) is 0 Å². The van der Waals surface area contributed by atoms with E-state index < -0.39 is 0 Å². The largest absolute Gasteiger partial charge is 0.470 e. The zero-order valence-corrected chi connectivity index (χ0v) is 14.3. The van der Waals surface area contributed by atoms with Crippen LogP contribution in [0.5, 0.6) is 0 Å². The molecule has 2 N–H and O–H groups in total. The highest BCUT2D eigenvalue weighted by molar-refractivity contribution is 6.04. The van der Waals surface area contributed by atoms with Gasteiger partial charge >= 0.3 is 0 Å². The fourth-order valence-corrected chi connectivity index (χ4v) is 2.78. The average Bonchev–Trinajstić information content (AvgIpc) is 3.15. The zero-order valence-electron chi connectivity index (χ0n) is 14.3. The smallest absolute Gasteiger partial charge is 0.255 e. The molecule has 3 heterocycles. The lowest BCUT2D eigenvalue weighted by Crippen LogP contribution is -2.52. The van der Waals surface area contributed by atoms with Crippen molar-refractivity contribution in [3.05, 3.63) is 66.8 Å². The van der Waals surface area contributed by atoms with Crippen LogP contribution < -0.4 is 15.5 Å². The molecule has 27 heavy (non-hydrogen) atoms. The number of carbonyl (C=O) groups is 2. The van der Waals surface area contributed by atoms with Gasteiger partial charge < -0.3 is 20.0 Å². The SMILES string of the molecule is O=C(Nc1ccoc1)c1ccc(NC(=O)C2CN(c3cccnn3)C2)cc1. The number of hydrogen-bond donors (Lipinski definition) is 2. The minimum atomic E-state index is -0.243. The van der Waals surface area contributed by atoms with Crippen LogP contribution >= 0.6 is 0 Å². The monoisotopic (exact) mass is 363 g/mol. The van der Waals surface area contributed by atoms with Gasteiger partial charge in [-0.15, -0.1) is 5.10 Å². The van der Waals surface area contributed by atoms with Crippen molar-refractivity contribution in [3.63, 3.8) is 0 Å². The summed E-state index contributed by atoms with van der Waals surface area (Å²) >= 11 is 0. The Balaban J connectivity index is 1.30. The normalized spacial score (nSPS) is 13.7. The third-order valence-corrected chi connectivity index (χ3v) is 4.33. The fourth-order valence-electron chi connectivity index (χ4n) is 2.78. The standard InChI is InChI=1S/C19H17N5O3/c25-18(22-16-7-9-27-12-16)13-3-5-15(6-4-13)21-19(26)14-10-24(11-14)17-2-1-8-20-23-17/h1-9,12,14H,10-11H2,(H,21,26)(H,22,25). The maximum Gasteiger partial charge on any atom is 0.255 e. The van der Waals surface area contributed by atoms with Gasteiger partial charge in [0.25, 0.3) is 5.91 Å². The maximum atomic E-state index is 12.3. The third-order valence-electron chi connectivity index (χ3n) is 4.33. The van der Waals surface area contributed by atoms with E-state index in [1.807, 2.05) is 17.0 Å². The highest BCUT2D eigenvalue weighted by Crippen LogP contribution is 2.23. The molecule has 2 amide bonds. The third kappa shape index (κ3) is 3.79. The first kappa shape index (κ1) is 16.8. The fraction of sp³-hybridized carbons (Fsp3) is 0.158. The predicted molar refractivity (Wildman–Crippen MR) is 99.5 cm³/mol. The number of anilines is 3. The number of hydrogen-bond acceptors (Lipinski definition) is 6. The summed E-state index contributed by atoms with van der Waals surface area (Å²) in [7, 11) is 0. The molecule has 1 aliphatic rings. The summed E-state index contributed by atoms with van der Waals surface area (Å²) in [5.74, 6) is 0.379. The van der Waals surface area contributed by atoms with E-state index in [1.165, 1.54) is 12.5 Å². The van der Waals surface area contributed by atoms with Crippen LogP contribution in [0.1, 0.15) is 10.4 Å². The molecule has 2 aromatic heterocycles. The summed E-state index contributed by atoms with van der Waals surface area (Å²) in [5, 5.41) is 13.5. The Morgan fingerprint density at radius 3 is 2.52 bits per heavy atom. The van der Waals surface area contributed by atoms with Crippen LogP contribution in [0.3, 0.4) is 0 Å². The molecule has 0 aliphatic carbocycles. The second-order valence-corrected chi connectivity index (χ2v) is 6.22. The van der Waals surface area contributed by atoms with Gasteiger partial charge in [-0.2, -0.15) is 5.10 Å². The van der Waals surface area contributed by atoms with E-state index in [9.17, 15) is 9.59 Å². The van der Waals surface area contributed by atoms with E-state index >= 15 is 0 Å². The Hall–Kier alpha value is -3.68. The van der Waals surface area contributed by atoms with Crippen molar-refractivity contribution in [1.82, 2.24) is 10.2 Å². The van der Waals surface area contributed by atoms with Crippen molar-refractivity contribution in [1.29, 1.82) is 0 Å². The van der Waals surface area contributed by atoms with E-state index in [2.05, 4.69) is 20.8 Å². The first-order chi connectivity index (χ1) is 13.2. The molecule has 0 saturated carbocycles. The van der Waals surface area contributed by atoms with E-state index in [0.29, 0.717) is 30.0 Å². The Labute approximate surface area is 155 Å². The van der Waals surface area contributed by atoms with Crippen LogP contribution in [0.4, 0.5) is 17.2 Å². The Morgan fingerprint density at radius 1 is 1.04 bits per heavy atom. The molecule has 0 bridgehead atoms. The van der Waals surface area contributed by atoms with Crippen molar-refractivity contribution in [3.8, 4) is 0 Å². The highest BCUT2D eigenvalue weighted by Gasteiger charge is 2.33. The molecule has 0 unspecified atom stereocenters. The number of carbonyl (C=O) groups excluding carboxylic acids is 2. The lowest BCUT2D eigenvalue weighted by atomic mass is 9.99. The van der Waals surface area contributed by atoms with Crippen LogP contribution in [0.2, 0.25) is 0 Å². The topological polar surface area (TPSA) is 100 Å². The van der Waals surface area contributed by atoms with Gasteiger partial charge in [0.15, 0.2) is 5.82 Å². The van der Waals surface area contributed by atoms with E-state index in [4.69, 9.17) is 4.42 Å². The molecule has 8 nitrogen and oxygen atoms in total. The van der Waals surface area contributed by atoms with Crippen LogP contribution in [-0.2, 0) is 4.79 Å². The summed E-state index contributed by atoms with van der Waals surface area (Å²) in [4.78, 5) is 26.5. The summed E-state index contributed by atoms with van der Waals surface area (Å²) in [6.07, 6.45) is 4.56. The number of aromatic nitrogens is 2. The molecule has 8 heteroatoms. The average molecular weight is 363 g/mol. The van der Waals surface area contributed by atoms with Gasteiger partial charge in [-0.1, -0.05) is 0 Å². The van der Waals surface area contributed by atoms with Gasteiger partial charge in [0.05, 0.1) is 17.9 Å². The summed E-state index contributed by atoms with van der Waals surface area (Å²) in [6, 6.07) is 12.1. The molecule has 4 rings (SSSR count). The summed E-state index contributed by atoms with van der Waals surface area (Å²) < 4.78 is 4.92. The quantitative estimate of drug-likeness (QED) is 0.722. The van der Waals surface area contributed by atoms with Crippen LogP contribution in [0.15, 0.2) is 65.6 Å². The van der Waals surface area contributed by atoms with E-state index in [1.54, 1.807) is 36.5 Å². The molecule has 3 aromatic rings. The van der Waals surface area contributed by atoms with Crippen molar-refractivity contribution >= 4 is 29.0 Å². The van der Waals surface area contributed by atoms with Gasteiger partial charge in [-0.3, -0.25) is 9.59 Å². The molecule has 0 spiro atoms. The Morgan fingerprint density at radius 2 is 1.85 bits per heavy atom. The maximum absolute atomic E-state index is 12.3. The molecular formula is C19H17N5O3. The predicted octanol–water partition coefficient (Wildman–Crippen LogP) is 2.40. The molecule has 0 atom stereocenters. The van der Waals surface area contributed by atoms with Crippen molar-refractivity contribution in [2.45, 2.75) is 0 Å². The number of amides is 2. The second kappa shape index (κ2) is 7.28. The van der Waals surface area contributed by atoms with Crippen LogP contribution in [-0.4, -0.2) is 35.1 Å². The van der Waals surface area contributed by atoms with Gasteiger partial charge in [0, 0.05) is 30.5 Å². The summed E-state index contributed by atoms with van der Waals surface area (Å²) in [6.45, 7) is 1.21. The van der Waals surface area contributed by atoms with Gasteiger partial charge in [0.2, 0.25) is 5.91 Å². The van der Waals surface area contributed by atoms with Crippen molar-refractivity contribution in [2.75, 3.05) is 28.6 Å². The number of rotatable bonds is 5. The first-order valence-corrected chi connectivity index (χ1v) is 8.46. The molecule has 136 valence electrons. The number of furan rings is 1. The lowest BCUT2D eigenvalue weighted by Gasteiger charge is -2.38. The summed E-state index contributed by atoms with van der Waals surface area (Å²) in [5.41, 5.74) is 1.74. The molecule has 1 saturated heterocycles. The minimum Gasteiger partial charge on any atom is -0.470 e. The van der Waals surface area contributed by atoms with E-state index in [0.717, 1.165) is 5.82 Å². The van der Waals surface area contributed by atoms with Gasteiger partial charge in [-0.05, 0) is 42.5 Å². The molecule has 1 aromatic carbocycles. The number of benzene rings is 1. The molecule has 1 fully saturated rings. The number of nitrogens with one attached hydrogen (secondary N) is 2. The van der Waals surface area contributed by atoms with Crippen molar-refractivity contribution in [2.24, 2.45) is 5.92 Å². The van der Waals surface area contributed by atoms with Gasteiger partial charge in [-0.25, -0.2) is 0 Å². The zero-order chi connectivity index (χ0) is 18.6. The van der Waals surface area contributed by atoms with Crippen molar-refractivity contribution < 1.29 is 14.0 Å². The first-order valence-electron chi connectivity index (χ1n) is 8.46. The van der Waals surface area contributed by atoms with Gasteiger partial charge in [0.1, 0.15) is 6.26 Å². The lowest BCUT2D eigenvalue weighted by molar-refractivity contribution is -0.120. The Kier molecular flexibility index (Phi) is 4.52. The van der Waals surface area contributed by atoms with Crippen LogP contribution in [0, 0.1) is 5.92 Å². The molecule has 0 radical (unpaired) electrons. The Bertz CT molecular complexity index is 920.